The first kappa shape index (κ1) is 30.5. The van der Waals surface area contributed by atoms with Crippen LogP contribution in [0.5, 0.6) is 0 Å². The number of carbonyl (C=O) groups excluding carboxylic acids is 2. The number of nitrogens with zero attached hydrogens (tertiary/aromatic N) is 1. The molecule has 2 rings (SSSR count). The Morgan fingerprint density at radius 3 is 1.70 bits per heavy atom. The first-order valence-corrected chi connectivity index (χ1v) is 9.99. The van der Waals surface area contributed by atoms with E-state index in [9.17, 15) is 57.9 Å². The highest BCUT2D eigenvalue weighted by Gasteiger charge is 2.91. The fourth-order valence-corrected chi connectivity index (χ4v) is 3.43. The molecular weight excluding hydrogens is 549 g/mol. The van der Waals surface area contributed by atoms with E-state index in [2.05, 4.69) is 4.74 Å². The lowest BCUT2D eigenvalue weighted by atomic mass is 9.82. The van der Waals surface area contributed by atoms with Crippen LogP contribution in [0.3, 0.4) is 0 Å². The van der Waals surface area contributed by atoms with Gasteiger partial charge in [0.15, 0.2) is 0 Å². The van der Waals surface area contributed by atoms with Crippen molar-refractivity contribution in [1.29, 1.82) is 0 Å². The van der Waals surface area contributed by atoms with Gasteiger partial charge >= 0.3 is 41.9 Å². The first-order valence-electron chi connectivity index (χ1n) is 9.99. The van der Waals surface area contributed by atoms with E-state index in [0.29, 0.717) is 12.1 Å². The average molecular weight is 565 g/mol. The van der Waals surface area contributed by atoms with Crippen LogP contribution in [0.25, 0.3) is 0 Å². The molecule has 0 aliphatic carbocycles. The molecule has 0 radical (unpaired) electrons. The van der Waals surface area contributed by atoms with Crippen molar-refractivity contribution in [1.82, 2.24) is 4.90 Å². The van der Waals surface area contributed by atoms with Crippen LogP contribution >= 0.6 is 0 Å². The quantitative estimate of drug-likeness (QED) is 0.338. The predicted molar refractivity (Wildman–Crippen MR) is 96.8 cm³/mol. The molecule has 0 bridgehead atoms. The molecule has 1 aliphatic heterocycles. The fraction of sp³-hybridized carbons (Fsp3) is 0.600. The molecule has 0 N–H and O–H groups in total. The van der Waals surface area contributed by atoms with Crippen LogP contribution in [0.4, 0.5) is 61.9 Å². The number of alkyl halides is 13. The molecule has 210 valence electrons. The summed E-state index contributed by atoms with van der Waals surface area (Å²) in [7, 11) is 0. The van der Waals surface area contributed by atoms with Crippen LogP contribution in [0, 0.1) is 5.92 Å². The third-order valence-electron chi connectivity index (χ3n) is 5.61. The van der Waals surface area contributed by atoms with Gasteiger partial charge in [0.2, 0.25) is 5.91 Å². The van der Waals surface area contributed by atoms with Gasteiger partial charge in [0.1, 0.15) is 12.5 Å². The summed E-state index contributed by atoms with van der Waals surface area (Å²) in [6.45, 7) is 1.92. The van der Waals surface area contributed by atoms with Crippen LogP contribution in [0.1, 0.15) is 25.3 Å². The van der Waals surface area contributed by atoms with Gasteiger partial charge in [0.25, 0.3) is 0 Å². The summed E-state index contributed by atoms with van der Waals surface area (Å²) < 4.78 is 183. The van der Waals surface area contributed by atoms with E-state index in [1.165, 1.54) is 13.8 Å². The van der Waals surface area contributed by atoms with Gasteiger partial charge in [-0.05, 0) is 11.5 Å². The fourth-order valence-electron chi connectivity index (χ4n) is 3.43. The van der Waals surface area contributed by atoms with Crippen LogP contribution in [0.2, 0.25) is 0 Å². The van der Waals surface area contributed by atoms with Gasteiger partial charge in [-0.3, -0.25) is 4.79 Å². The van der Waals surface area contributed by atoms with E-state index in [1.54, 1.807) is 0 Å². The summed E-state index contributed by atoms with van der Waals surface area (Å²) in [5.74, 6) is -45.7. The number of carbonyl (C=O) groups is 2. The summed E-state index contributed by atoms with van der Waals surface area (Å²) in [5, 5.41) is 0. The lowest BCUT2D eigenvalue weighted by Crippen LogP contribution is -2.71. The Morgan fingerprint density at radius 1 is 0.811 bits per heavy atom. The standard InChI is InChI=1S/C20H16F13NO3/c1-9(2)11-8-37-14(36)34(11)13(35)12(10-6-4-3-5-7-10)15(21,22)16(23,24)17(25,26)18(27,28)19(29,30)20(31,32)33/h3-7,9,11-12H,8H2,1-2H3/t11-,12+/m1/s1. The number of cyclic esters (lactones) is 1. The van der Waals surface area contributed by atoms with E-state index >= 15 is 8.78 Å². The van der Waals surface area contributed by atoms with Gasteiger partial charge in [0.05, 0.1) is 6.04 Å². The minimum Gasteiger partial charge on any atom is -0.447 e. The molecule has 1 saturated heterocycles. The maximum Gasteiger partial charge on any atom is 0.460 e. The number of hydrogen-bond acceptors (Lipinski definition) is 3. The number of halogens is 13. The Labute approximate surface area is 199 Å². The third-order valence-corrected chi connectivity index (χ3v) is 5.61. The lowest BCUT2D eigenvalue weighted by molar-refractivity contribution is -0.440. The molecule has 37 heavy (non-hydrogen) atoms. The van der Waals surface area contributed by atoms with E-state index in [-0.39, 0.29) is 4.90 Å². The minimum atomic E-state index is -8.12. The first-order chi connectivity index (χ1) is 16.5. The topological polar surface area (TPSA) is 46.6 Å². The molecule has 0 spiro atoms. The summed E-state index contributed by atoms with van der Waals surface area (Å²) >= 11 is 0. The van der Waals surface area contributed by atoms with Gasteiger partial charge in [0, 0.05) is 0 Å². The molecule has 2 amide bonds. The number of ether oxygens (including phenoxy) is 1. The second-order valence-electron chi connectivity index (χ2n) is 8.36. The van der Waals surface area contributed by atoms with Crippen molar-refractivity contribution in [2.24, 2.45) is 5.92 Å². The highest BCUT2D eigenvalue weighted by Crippen LogP contribution is 2.62. The zero-order valence-electron chi connectivity index (χ0n) is 18.4. The molecule has 1 fully saturated rings. The van der Waals surface area contributed by atoms with Crippen molar-refractivity contribution in [3.63, 3.8) is 0 Å². The van der Waals surface area contributed by atoms with E-state index < -0.39 is 77.8 Å². The van der Waals surface area contributed by atoms with Gasteiger partial charge in [-0.25, -0.2) is 9.69 Å². The summed E-state index contributed by atoms with van der Waals surface area (Å²) in [6, 6.07) is 2.13. The van der Waals surface area contributed by atoms with Crippen molar-refractivity contribution >= 4 is 12.0 Å². The predicted octanol–water partition coefficient (Wildman–Crippen LogP) is 6.51. The maximum atomic E-state index is 15.1. The van der Waals surface area contributed by atoms with Crippen LogP contribution in [-0.4, -0.2) is 65.3 Å². The van der Waals surface area contributed by atoms with Crippen LogP contribution in [0.15, 0.2) is 30.3 Å². The SMILES string of the molecule is CC(C)[C@H]1COC(=O)N1C(=O)[C@H](c1ccccc1)C(F)(F)C(F)(F)C(F)(F)C(F)(F)C(F)(F)C(F)(F)F. The van der Waals surface area contributed by atoms with E-state index in [0.717, 1.165) is 18.2 Å². The summed E-state index contributed by atoms with van der Waals surface area (Å²) in [4.78, 5) is 24.8. The summed E-state index contributed by atoms with van der Waals surface area (Å²) in [6.07, 6.45) is -9.27. The molecule has 0 aromatic heterocycles. The number of imide groups is 1. The van der Waals surface area contributed by atoms with Crippen molar-refractivity contribution < 1.29 is 71.4 Å². The largest absolute Gasteiger partial charge is 0.460 e. The molecule has 1 aromatic rings. The molecule has 0 unspecified atom stereocenters. The smallest absolute Gasteiger partial charge is 0.447 e. The van der Waals surface area contributed by atoms with Crippen molar-refractivity contribution in [2.75, 3.05) is 6.61 Å². The van der Waals surface area contributed by atoms with E-state index in [4.69, 9.17) is 0 Å². The van der Waals surface area contributed by atoms with Gasteiger partial charge in [-0.15, -0.1) is 0 Å². The maximum absolute atomic E-state index is 15.1. The zero-order chi connectivity index (χ0) is 29.0. The number of benzene rings is 1. The zero-order valence-corrected chi connectivity index (χ0v) is 18.4. The highest BCUT2D eigenvalue weighted by atomic mass is 19.4. The van der Waals surface area contributed by atoms with Crippen LogP contribution < -0.4 is 0 Å². The molecule has 17 heteroatoms. The molecule has 4 nitrogen and oxygen atoms in total. The second kappa shape index (κ2) is 9.22. The van der Waals surface area contributed by atoms with Gasteiger partial charge < -0.3 is 4.74 Å². The normalized spacial score (nSPS) is 19.3. The Bertz CT molecular complexity index is 1010. The molecule has 1 heterocycles. The highest BCUT2D eigenvalue weighted by molar-refractivity contribution is 5.98. The molecule has 0 saturated carbocycles. The Kier molecular flexibility index (Phi) is 7.59. The number of amides is 2. The number of hydrogen-bond donors (Lipinski definition) is 0. The van der Waals surface area contributed by atoms with Gasteiger partial charge in [-0.1, -0.05) is 44.2 Å². The van der Waals surface area contributed by atoms with Gasteiger partial charge in [-0.2, -0.15) is 57.1 Å². The Morgan fingerprint density at radius 2 is 1.27 bits per heavy atom. The molecule has 2 atom stereocenters. The van der Waals surface area contributed by atoms with Crippen LogP contribution in [-0.2, 0) is 9.53 Å². The van der Waals surface area contributed by atoms with E-state index in [1.807, 2.05) is 0 Å². The molecule has 1 aromatic carbocycles. The Balaban J connectivity index is 2.75. The third kappa shape index (κ3) is 4.47. The number of rotatable bonds is 8. The molecular formula is C20H16F13NO3. The average Bonchev–Trinajstić information content (AvgIpc) is 3.14. The van der Waals surface area contributed by atoms with Crippen molar-refractivity contribution in [3.05, 3.63) is 35.9 Å². The lowest BCUT2D eigenvalue weighted by Gasteiger charge is -2.42. The van der Waals surface area contributed by atoms with Crippen molar-refractivity contribution in [2.45, 2.75) is 61.6 Å². The molecule has 1 aliphatic rings. The minimum absolute atomic E-state index is 0.160. The Hall–Kier alpha value is -2.75. The second-order valence-corrected chi connectivity index (χ2v) is 8.36. The summed E-state index contributed by atoms with van der Waals surface area (Å²) in [5.41, 5.74) is -1.28. The van der Waals surface area contributed by atoms with Crippen molar-refractivity contribution in [3.8, 4) is 0 Å². The monoisotopic (exact) mass is 565 g/mol.